The predicted octanol–water partition coefficient (Wildman–Crippen LogP) is 4.11. The van der Waals surface area contributed by atoms with Crippen LogP contribution in [0.2, 0.25) is 0 Å². The number of hydrogen-bond acceptors (Lipinski definition) is 6. The summed E-state index contributed by atoms with van der Waals surface area (Å²) in [5.74, 6) is 0.561. The maximum Gasteiger partial charge on any atom is 0.410 e. The number of hydrogen-bond donors (Lipinski definition) is 0. The number of carbonyl (C=O) groups excluding carboxylic acids is 1. The van der Waals surface area contributed by atoms with E-state index in [2.05, 4.69) is 52.5 Å². The Morgan fingerprint density at radius 1 is 1.24 bits per heavy atom. The van der Waals surface area contributed by atoms with E-state index in [0.717, 1.165) is 52.0 Å². The number of carbonyl (C=O) groups is 1. The normalized spacial score (nSPS) is 29.8. The van der Waals surface area contributed by atoms with Crippen molar-refractivity contribution in [1.82, 2.24) is 9.80 Å². The summed E-state index contributed by atoms with van der Waals surface area (Å²) in [4.78, 5) is 17.2. The van der Waals surface area contributed by atoms with Gasteiger partial charge in [0.25, 0.3) is 0 Å². The first-order valence-corrected chi connectivity index (χ1v) is 12.8. The van der Waals surface area contributed by atoms with Gasteiger partial charge in [0.15, 0.2) is 0 Å². The minimum absolute atomic E-state index is 0.00896. The molecule has 0 aromatic carbocycles. The van der Waals surface area contributed by atoms with Crippen LogP contribution in [-0.2, 0) is 18.9 Å². The van der Waals surface area contributed by atoms with Crippen LogP contribution in [0.3, 0.4) is 0 Å². The van der Waals surface area contributed by atoms with Crippen LogP contribution >= 0.6 is 0 Å². The van der Waals surface area contributed by atoms with E-state index in [1.165, 1.54) is 5.57 Å². The summed E-state index contributed by atoms with van der Waals surface area (Å²) in [6.45, 7) is 18.8. The third kappa shape index (κ3) is 6.30. The van der Waals surface area contributed by atoms with E-state index < -0.39 is 5.60 Å². The van der Waals surface area contributed by atoms with Crippen LogP contribution in [-0.4, -0.2) is 92.4 Å². The summed E-state index contributed by atoms with van der Waals surface area (Å²) in [6.07, 6.45) is 4.08. The van der Waals surface area contributed by atoms with Gasteiger partial charge in [-0.1, -0.05) is 25.5 Å². The van der Waals surface area contributed by atoms with E-state index in [0.29, 0.717) is 19.1 Å². The molecular weight excluding hydrogens is 420 g/mol. The van der Waals surface area contributed by atoms with Crippen molar-refractivity contribution in [2.75, 3.05) is 53.0 Å². The molecule has 1 aliphatic carbocycles. The van der Waals surface area contributed by atoms with Gasteiger partial charge in [0.05, 0.1) is 24.4 Å². The lowest BCUT2D eigenvalue weighted by atomic mass is 9.68. The van der Waals surface area contributed by atoms with Crippen molar-refractivity contribution in [3.05, 3.63) is 11.6 Å². The summed E-state index contributed by atoms with van der Waals surface area (Å²) in [5, 5.41) is 0. The van der Waals surface area contributed by atoms with Gasteiger partial charge in [-0.05, 0) is 72.5 Å². The molecule has 190 valence electrons. The first kappa shape index (κ1) is 26.5. The molecule has 0 aromatic heterocycles. The van der Waals surface area contributed by atoms with Crippen LogP contribution in [0, 0.1) is 11.8 Å². The van der Waals surface area contributed by atoms with Crippen LogP contribution in [0.4, 0.5) is 4.79 Å². The minimum Gasteiger partial charge on any atom is -0.443 e. The number of ether oxygens (including phenoxy) is 4. The number of rotatable bonds is 11. The Morgan fingerprint density at radius 3 is 2.45 bits per heavy atom. The number of allylic oxidation sites excluding steroid dienone is 1. The van der Waals surface area contributed by atoms with E-state index in [4.69, 9.17) is 18.9 Å². The summed E-state index contributed by atoms with van der Waals surface area (Å²) in [7, 11) is 1.71. The van der Waals surface area contributed by atoms with Crippen LogP contribution in [0.25, 0.3) is 0 Å². The van der Waals surface area contributed by atoms with Crippen molar-refractivity contribution >= 4 is 6.09 Å². The molecule has 0 unspecified atom stereocenters. The highest BCUT2D eigenvalue weighted by molar-refractivity contribution is 5.69. The molecule has 7 nitrogen and oxygen atoms in total. The second-order valence-electron chi connectivity index (χ2n) is 10.8. The molecule has 1 amide bonds. The fourth-order valence-electron chi connectivity index (χ4n) is 5.60. The van der Waals surface area contributed by atoms with Crippen molar-refractivity contribution in [3.63, 3.8) is 0 Å². The zero-order chi connectivity index (χ0) is 24.2. The van der Waals surface area contributed by atoms with Crippen molar-refractivity contribution in [2.45, 2.75) is 84.2 Å². The van der Waals surface area contributed by atoms with Gasteiger partial charge in [-0.15, -0.1) is 0 Å². The molecule has 3 aliphatic rings. The van der Waals surface area contributed by atoms with Crippen molar-refractivity contribution in [3.8, 4) is 0 Å². The number of amides is 1. The Morgan fingerprint density at radius 2 is 1.91 bits per heavy atom. The Balaban J connectivity index is 1.56. The highest BCUT2D eigenvalue weighted by Gasteiger charge is 2.64. The van der Waals surface area contributed by atoms with Gasteiger partial charge in [-0.3, -0.25) is 0 Å². The average Bonchev–Trinajstić information content (AvgIpc) is 3.49. The smallest absolute Gasteiger partial charge is 0.410 e. The van der Waals surface area contributed by atoms with Crippen LogP contribution in [0.15, 0.2) is 11.6 Å². The topological polar surface area (TPSA) is 63.8 Å². The summed E-state index contributed by atoms with van der Waals surface area (Å²) in [5.41, 5.74) is 0.525. The lowest BCUT2D eigenvalue weighted by molar-refractivity contribution is -0.175. The molecule has 2 heterocycles. The van der Waals surface area contributed by atoms with Gasteiger partial charge in [-0.25, -0.2) is 4.79 Å². The van der Waals surface area contributed by atoms with Gasteiger partial charge in [-0.2, -0.15) is 0 Å². The number of epoxide rings is 1. The van der Waals surface area contributed by atoms with E-state index in [1.807, 2.05) is 4.90 Å². The molecule has 1 saturated carbocycles. The first-order valence-electron chi connectivity index (χ1n) is 12.8. The second kappa shape index (κ2) is 11.1. The van der Waals surface area contributed by atoms with Gasteiger partial charge >= 0.3 is 6.09 Å². The quantitative estimate of drug-likeness (QED) is 0.337. The van der Waals surface area contributed by atoms with E-state index in [1.54, 1.807) is 7.11 Å². The molecule has 0 aromatic rings. The molecule has 3 fully saturated rings. The Hall–Kier alpha value is -1.15. The Labute approximate surface area is 200 Å². The third-order valence-electron chi connectivity index (χ3n) is 7.81. The van der Waals surface area contributed by atoms with Crippen molar-refractivity contribution in [1.29, 1.82) is 0 Å². The number of nitrogens with zero attached hydrogens (tertiary/aromatic N) is 2. The van der Waals surface area contributed by atoms with Crippen LogP contribution in [0.5, 0.6) is 0 Å². The molecule has 1 spiro atoms. The fraction of sp³-hybridized carbons (Fsp3) is 0.885. The number of likely N-dealkylation sites (tertiary alicyclic amines) is 1. The molecule has 3 rings (SSSR count). The number of methoxy groups -OCH3 is 1. The van der Waals surface area contributed by atoms with Gasteiger partial charge in [0.1, 0.15) is 12.2 Å². The Kier molecular flexibility index (Phi) is 8.87. The largest absolute Gasteiger partial charge is 0.443 e. The lowest BCUT2D eigenvalue weighted by Crippen LogP contribution is -2.60. The molecule has 0 N–H and O–H groups in total. The summed E-state index contributed by atoms with van der Waals surface area (Å²) in [6, 6.07) is 0. The molecule has 2 aliphatic heterocycles. The van der Waals surface area contributed by atoms with E-state index >= 15 is 0 Å². The van der Waals surface area contributed by atoms with E-state index in [-0.39, 0.29) is 29.8 Å². The molecule has 0 radical (unpaired) electrons. The van der Waals surface area contributed by atoms with Crippen molar-refractivity contribution in [2.24, 2.45) is 11.8 Å². The standard InChI is InChI=1S/C26H46N2O5/c1-8-27(9-2)14-11-20-16-28(17-20)24(29)33-21-10-13-26(18-32-26)23(22(21)30-7)25(5,6)31-15-12-19(3)4/h12,20-23H,8-11,13-18H2,1-7H3/t21-,22-,23-,26+/m1/s1. The Bertz CT molecular complexity index is 676. The monoisotopic (exact) mass is 466 g/mol. The molecule has 2 saturated heterocycles. The predicted molar refractivity (Wildman–Crippen MR) is 129 cm³/mol. The van der Waals surface area contributed by atoms with Crippen LogP contribution < -0.4 is 0 Å². The van der Waals surface area contributed by atoms with Gasteiger partial charge < -0.3 is 28.7 Å². The second-order valence-corrected chi connectivity index (χ2v) is 10.8. The maximum absolute atomic E-state index is 12.9. The SMILES string of the molecule is CCN(CC)CCC1CN(C(=O)O[C@@H]2CC[C@]3(CO3)[C@@H](C(C)(C)OCC=C(C)C)[C@@H]2OC)C1. The summed E-state index contributed by atoms with van der Waals surface area (Å²) < 4.78 is 24.3. The van der Waals surface area contributed by atoms with Gasteiger partial charge in [0.2, 0.25) is 0 Å². The maximum atomic E-state index is 12.9. The molecule has 7 heteroatoms. The first-order chi connectivity index (χ1) is 15.7. The minimum atomic E-state index is -0.472. The highest BCUT2D eigenvalue weighted by Crippen LogP contribution is 2.52. The third-order valence-corrected chi connectivity index (χ3v) is 7.81. The fourth-order valence-corrected chi connectivity index (χ4v) is 5.60. The molecule has 0 bridgehead atoms. The van der Waals surface area contributed by atoms with Gasteiger partial charge in [0, 0.05) is 26.1 Å². The molecular formula is C26H46N2O5. The zero-order valence-electron chi connectivity index (χ0n) is 21.9. The lowest BCUT2D eigenvalue weighted by Gasteiger charge is -2.48. The van der Waals surface area contributed by atoms with Crippen molar-refractivity contribution < 1.29 is 23.7 Å². The summed E-state index contributed by atoms with van der Waals surface area (Å²) >= 11 is 0. The van der Waals surface area contributed by atoms with Crippen LogP contribution in [0.1, 0.15) is 60.8 Å². The average molecular weight is 467 g/mol. The van der Waals surface area contributed by atoms with E-state index in [9.17, 15) is 4.79 Å². The molecule has 4 atom stereocenters. The highest BCUT2D eigenvalue weighted by atomic mass is 16.6. The zero-order valence-corrected chi connectivity index (χ0v) is 21.9. The molecule has 33 heavy (non-hydrogen) atoms.